The number of ether oxygens (including phenoxy) is 2. The molecule has 1 fully saturated rings. The van der Waals surface area contributed by atoms with Crippen molar-refractivity contribution >= 4 is 46.4 Å². The molecule has 11 heteroatoms. The lowest BCUT2D eigenvalue weighted by molar-refractivity contribution is -0.135. The number of carbonyl (C=O) groups is 4. The van der Waals surface area contributed by atoms with E-state index in [1.165, 1.54) is 35.9 Å². The van der Waals surface area contributed by atoms with Crippen molar-refractivity contribution < 1.29 is 28.7 Å². The second-order valence-electron chi connectivity index (χ2n) is 5.70. The maximum absolute atomic E-state index is 12.6. The Labute approximate surface area is 171 Å². The lowest BCUT2D eigenvalue weighted by Gasteiger charge is -2.12. The lowest BCUT2D eigenvalue weighted by atomic mass is 10.3. The SMILES string of the molecule is C=CCN1C(=O)C(=CC(=O)OC)SC1=Nc1ncn(CC(C)=O)c1C(=O)OCC. The summed E-state index contributed by atoms with van der Waals surface area (Å²) in [6.07, 6.45) is 3.86. The highest BCUT2D eigenvalue weighted by molar-refractivity contribution is 8.18. The minimum Gasteiger partial charge on any atom is -0.466 e. The van der Waals surface area contributed by atoms with Crippen LogP contribution in [0.25, 0.3) is 0 Å². The molecule has 2 heterocycles. The van der Waals surface area contributed by atoms with Crippen LogP contribution in [0.2, 0.25) is 0 Å². The molecule has 0 unspecified atom stereocenters. The summed E-state index contributed by atoms with van der Waals surface area (Å²) in [5, 5.41) is 0.198. The van der Waals surface area contributed by atoms with E-state index in [1.54, 1.807) is 6.92 Å². The zero-order chi connectivity index (χ0) is 21.6. The Balaban J connectivity index is 2.51. The molecule has 1 aliphatic rings. The average molecular weight is 420 g/mol. The molecule has 0 saturated carbocycles. The zero-order valence-electron chi connectivity index (χ0n) is 16.2. The molecule has 1 amide bonds. The van der Waals surface area contributed by atoms with Crippen LogP contribution in [0.4, 0.5) is 5.82 Å². The van der Waals surface area contributed by atoms with Gasteiger partial charge in [0.05, 0.1) is 31.5 Å². The van der Waals surface area contributed by atoms with E-state index in [1.807, 2.05) is 0 Å². The van der Waals surface area contributed by atoms with Crippen molar-refractivity contribution in [2.75, 3.05) is 20.3 Å². The maximum Gasteiger partial charge on any atom is 0.358 e. The molecular formula is C18H20N4O6S. The fraction of sp³-hybridized carbons (Fsp3) is 0.333. The number of methoxy groups -OCH3 is 1. The van der Waals surface area contributed by atoms with Crippen molar-refractivity contribution in [3.8, 4) is 0 Å². The molecule has 0 radical (unpaired) electrons. The number of amides is 1. The highest BCUT2D eigenvalue weighted by Crippen LogP contribution is 2.33. The molecule has 1 saturated heterocycles. The first kappa shape index (κ1) is 22.1. The van der Waals surface area contributed by atoms with E-state index in [9.17, 15) is 19.2 Å². The molecule has 1 aliphatic heterocycles. The number of nitrogens with zero attached hydrogens (tertiary/aromatic N) is 4. The molecule has 0 bridgehead atoms. The quantitative estimate of drug-likeness (QED) is 0.352. The van der Waals surface area contributed by atoms with Gasteiger partial charge in [0, 0.05) is 12.6 Å². The van der Waals surface area contributed by atoms with Crippen molar-refractivity contribution in [2.24, 2.45) is 4.99 Å². The predicted molar refractivity (Wildman–Crippen MR) is 106 cm³/mol. The molecule has 0 N–H and O–H groups in total. The third kappa shape index (κ3) is 5.19. The molecule has 29 heavy (non-hydrogen) atoms. The molecule has 2 rings (SSSR count). The molecule has 0 atom stereocenters. The molecule has 0 spiro atoms. The van der Waals surface area contributed by atoms with Crippen LogP contribution in [0.3, 0.4) is 0 Å². The number of aliphatic imine (C=N–C) groups is 1. The Kier molecular flexibility index (Phi) is 7.48. The summed E-state index contributed by atoms with van der Waals surface area (Å²) in [7, 11) is 1.20. The predicted octanol–water partition coefficient (Wildman–Crippen LogP) is 1.45. The number of Topliss-reactive ketones (excluding diaryl/α,β-unsaturated/α-hetero) is 1. The number of carbonyl (C=O) groups excluding carboxylic acids is 4. The van der Waals surface area contributed by atoms with Gasteiger partial charge in [0.15, 0.2) is 16.7 Å². The highest BCUT2D eigenvalue weighted by atomic mass is 32.2. The largest absolute Gasteiger partial charge is 0.466 e. The van der Waals surface area contributed by atoms with Crippen molar-refractivity contribution in [3.05, 3.63) is 35.7 Å². The van der Waals surface area contributed by atoms with Gasteiger partial charge < -0.3 is 14.0 Å². The van der Waals surface area contributed by atoms with Gasteiger partial charge in [0.1, 0.15) is 5.78 Å². The first-order valence-corrected chi connectivity index (χ1v) is 9.34. The number of hydrogen-bond donors (Lipinski definition) is 0. The summed E-state index contributed by atoms with van der Waals surface area (Å²) in [5.74, 6) is -2.03. The summed E-state index contributed by atoms with van der Waals surface area (Å²) in [4.78, 5) is 57.8. The monoisotopic (exact) mass is 420 g/mol. The van der Waals surface area contributed by atoms with Crippen LogP contribution in [0, 0.1) is 0 Å². The number of amidine groups is 1. The Bertz CT molecular complexity index is 917. The number of rotatable bonds is 8. The summed E-state index contributed by atoms with van der Waals surface area (Å²) in [6, 6.07) is 0. The van der Waals surface area contributed by atoms with Crippen molar-refractivity contribution in [1.82, 2.24) is 14.5 Å². The summed E-state index contributed by atoms with van der Waals surface area (Å²) >= 11 is 0.933. The van der Waals surface area contributed by atoms with Crippen LogP contribution in [0.1, 0.15) is 24.3 Å². The summed E-state index contributed by atoms with van der Waals surface area (Å²) < 4.78 is 10.9. The van der Waals surface area contributed by atoms with Crippen LogP contribution in [0.5, 0.6) is 0 Å². The third-order valence-electron chi connectivity index (χ3n) is 3.53. The van der Waals surface area contributed by atoms with E-state index in [4.69, 9.17) is 4.74 Å². The Hall–Kier alpha value is -3.21. The van der Waals surface area contributed by atoms with E-state index < -0.39 is 17.8 Å². The van der Waals surface area contributed by atoms with E-state index in [-0.39, 0.29) is 47.1 Å². The van der Waals surface area contributed by atoms with E-state index in [0.717, 1.165) is 17.8 Å². The van der Waals surface area contributed by atoms with Gasteiger partial charge in [0.2, 0.25) is 0 Å². The molecule has 0 aromatic carbocycles. The first-order valence-electron chi connectivity index (χ1n) is 8.52. The average Bonchev–Trinajstić information content (AvgIpc) is 3.17. The number of hydrogen-bond acceptors (Lipinski definition) is 9. The fourth-order valence-corrected chi connectivity index (χ4v) is 3.31. The Morgan fingerprint density at radius 1 is 1.38 bits per heavy atom. The van der Waals surface area contributed by atoms with Crippen LogP contribution in [-0.2, 0) is 30.4 Å². The number of thioether (sulfide) groups is 1. The lowest BCUT2D eigenvalue weighted by Crippen LogP contribution is -2.29. The van der Waals surface area contributed by atoms with Gasteiger partial charge in [-0.2, -0.15) is 0 Å². The fourth-order valence-electron chi connectivity index (χ4n) is 2.36. The first-order chi connectivity index (χ1) is 13.8. The van der Waals surface area contributed by atoms with Crippen LogP contribution in [-0.4, -0.2) is 63.5 Å². The van der Waals surface area contributed by atoms with Gasteiger partial charge in [-0.3, -0.25) is 14.5 Å². The van der Waals surface area contributed by atoms with E-state index in [2.05, 4.69) is 21.3 Å². The number of aromatic nitrogens is 2. The van der Waals surface area contributed by atoms with Crippen LogP contribution >= 0.6 is 11.8 Å². The van der Waals surface area contributed by atoms with Gasteiger partial charge in [-0.15, -0.1) is 6.58 Å². The minimum atomic E-state index is -0.694. The topological polar surface area (TPSA) is 120 Å². The Morgan fingerprint density at radius 3 is 2.69 bits per heavy atom. The summed E-state index contributed by atoms with van der Waals surface area (Å²) in [6.45, 7) is 6.81. The second kappa shape index (κ2) is 9.82. The van der Waals surface area contributed by atoms with Gasteiger partial charge in [-0.05, 0) is 25.6 Å². The van der Waals surface area contributed by atoms with E-state index >= 15 is 0 Å². The van der Waals surface area contributed by atoms with Gasteiger partial charge in [-0.25, -0.2) is 19.6 Å². The number of esters is 2. The molecule has 10 nitrogen and oxygen atoms in total. The van der Waals surface area contributed by atoms with Gasteiger partial charge in [-0.1, -0.05) is 6.08 Å². The molecular weight excluding hydrogens is 400 g/mol. The standard InChI is InChI=1S/C18H20N4O6S/c1-5-7-22-16(25)12(8-13(24)27-4)29-18(22)20-15-14(17(26)28-6-2)21(10-19-15)9-11(3)23/h5,8,10H,1,6-7,9H2,2-4H3. The molecule has 1 aromatic heterocycles. The van der Waals surface area contributed by atoms with Crippen LogP contribution < -0.4 is 0 Å². The molecule has 1 aromatic rings. The maximum atomic E-state index is 12.6. The number of imidazole rings is 1. The molecule has 154 valence electrons. The van der Waals surface area contributed by atoms with E-state index in [0.29, 0.717) is 0 Å². The Morgan fingerprint density at radius 2 is 2.10 bits per heavy atom. The van der Waals surface area contributed by atoms with Crippen molar-refractivity contribution in [3.63, 3.8) is 0 Å². The zero-order valence-corrected chi connectivity index (χ0v) is 17.0. The second-order valence-corrected chi connectivity index (χ2v) is 6.71. The smallest absolute Gasteiger partial charge is 0.358 e. The van der Waals surface area contributed by atoms with Crippen molar-refractivity contribution in [1.29, 1.82) is 0 Å². The van der Waals surface area contributed by atoms with Crippen molar-refractivity contribution in [2.45, 2.75) is 20.4 Å². The summed E-state index contributed by atoms with van der Waals surface area (Å²) in [5.41, 5.74) is -0.00782. The van der Waals surface area contributed by atoms with Gasteiger partial charge in [0.25, 0.3) is 5.91 Å². The third-order valence-corrected chi connectivity index (χ3v) is 4.54. The number of ketones is 1. The van der Waals surface area contributed by atoms with Gasteiger partial charge >= 0.3 is 11.9 Å². The minimum absolute atomic E-state index is 0.00613. The normalized spacial score (nSPS) is 16.4. The highest BCUT2D eigenvalue weighted by Gasteiger charge is 2.34. The molecule has 0 aliphatic carbocycles. The van der Waals surface area contributed by atoms with Crippen LogP contribution in [0.15, 0.2) is 35.0 Å².